The van der Waals surface area contributed by atoms with Gasteiger partial charge in [-0.15, -0.1) is 0 Å². The molecule has 0 bridgehead atoms. The van der Waals surface area contributed by atoms with Gasteiger partial charge in [-0.1, -0.05) is 135 Å². The summed E-state index contributed by atoms with van der Waals surface area (Å²) in [6.45, 7) is 0. The average Bonchev–Trinajstić information content (AvgIpc) is 2.68. The summed E-state index contributed by atoms with van der Waals surface area (Å²) in [5, 5.41) is 0. The molecule has 1 rings (SSSR count). The Morgan fingerprint density at radius 2 is 0.778 bits per heavy atom. The second-order valence-electron chi connectivity index (χ2n) is 6.18. The second kappa shape index (κ2) is 19.7. The van der Waals surface area contributed by atoms with Gasteiger partial charge in [0, 0.05) is 0 Å². The van der Waals surface area contributed by atoms with Crippen molar-refractivity contribution in [2.24, 2.45) is 0 Å². The van der Waals surface area contributed by atoms with Gasteiger partial charge in [-0.2, -0.15) is 0 Å². The van der Waals surface area contributed by atoms with Crippen LogP contribution in [0.4, 0.5) is 0 Å². The first-order valence-electron chi connectivity index (χ1n) is 10.1. The Balaban J connectivity index is 2.47. The predicted octanol–water partition coefficient (Wildman–Crippen LogP) is 8.10. The standard InChI is InChI=1S/C27H33/c1-2-4-6-8-10-12-14-16-18-20-22-24-26-27-25-23-21-19-17-15-13-11-9-7-5-3-1/h1-19H,20,22-27H2/b2-1+,5-3-,6-4+,9-7+,10-8+,13-11+,14-12+,17-15+,18-16-,21-19?. The summed E-state index contributed by atoms with van der Waals surface area (Å²) < 4.78 is 0. The van der Waals surface area contributed by atoms with Crippen molar-refractivity contribution in [2.75, 3.05) is 0 Å². The van der Waals surface area contributed by atoms with Crippen LogP contribution in [0.25, 0.3) is 0 Å². The minimum atomic E-state index is 1.05. The van der Waals surface area contributed by atoms with Crippen LogP contribution in [0.5, 0.6) is 0 Å². The van der Waals surface area contributed by atoms with Crippen LogP contribution in [0.3, 0.4) is 0 Å². The fourth-order valence-electron chi connectivity index (χ4n) is 2.36. The third-order valence-corrected chi connectivity index (χ3v) is 3.82. The van der Waals surface area contributed by atoms with E-state index in [4.69, 9.17) is 0 Å². The lowest BCUT2D eigenvalue weighted by atomic mass is 10.1. The maximum atomic E-state index is 3.34. The predicted molar refractivity (Wildman–Crippen MR) is 122 cm³/mol. The van der Waals surface area contributed by atoms with Crippen molar-refractivity contribution in [3.8, 4) is 0 Å². The zero-order valence-electron chi connectivity index (χ0n) is 16.4. The van der Waals surface area contributed by atoms with E-state index in [1.54, 1.807) is 0 Å². The Kier molecular flexibility index (Phi) is 16.4. The lowest BCUT2D eigenvalue weighted by molar-refractivity contribution is 0.619. The van der Waals surface area contributed by atoms with E-state index in [-0.39, 0.29) is 0 Å². The van der Waals surface area contributed by atoms with Crippen molar-refractivity contribution in [2.45, 2.75) is 44.9 Å². The molecule has 0 aliphatic heterocycles. The fourth-order valence-corrected chi connectivity index (χ4v) is 2.36. The van der Waals surface area contributed by atoms with Crippen LogP contribution in [-0.4, -0.2) is 0 Å². The Morgan fingerprint density at radius 1 is 0.370 bits per heavy atom. The number of rotatable bonds is 0. The molecule has 1 aliphatic carbocycles. The molecule has 141 valence electrons. The van der Waals surface area contributed by atoms with Gasteiger partial charge >= 0.3 is 0 Å². The summed E-state index contributed by atoms with van der Waals surface area (Å²) >= 11 is 0. The Morgan fingerprint density at radius 3 is 1.33 bits per heavy atom. The summed E-state index contributed by atoms with van der Waals surface area (Å²) in [7, 11) is 0. The van der Waals surface area contributed by atoms with E-state index in [0.29, 0.717) is 0 Å². The fraction of sp³-hybridized carbons (Fsp3) is 0.259. The van der Waals surface area contributed by atoms with Crippen LogP contribution >= 0.6 is 0 Å². The minimum absolute atomic E-state index is 1.05. The molecule has 0 heterocycles. The van der Waals surface area contributed by atoms with Crippen molar-refractivity contribution >= 4 is 0 Å². The van der Waals surface area contributed by atoms with E-state index in [2.05, 4.69) is 30.4 Å². The maximum absolute atomic E-state index is 3.34. The monoisotopic (exact) mass is 357 g/mol. The highest BCUT2D eigenvalue weighted by Crippen LogP contribution is 2.07. The molecule has 0 nitrogen and oxygen atoms in total. The summed E-state index contributed by atoms with van der Waals surface area (Å²) in [5.74, 6) is 0. The smallest absolute Gasteiger partial charge is 0.0276 e. The molecular formula is C27H33. The maximum Gasteiger partial charge on any atom is -0.0276 e. The molecule has 0 aromatic rings. The van der Waals surface area contributed by atoms with Gasteiger partial charge in [0.15, 0.2) is 0 Å². The first-order chi connectivity index (χ1) is 13.5. The first-order valence-corrected chi connectivity index (χ1v) is 10.1. The lowest BCUT2D eigenvalue weighted by Gasteiger charge is -1.97. The van der Waals surface area contributed by atoms with E-state index in [1.165, 1.54) is 38.5 Å². The zero-order valence-corrected chi connectivity index (χ0v) is 16.4. The van der Waals surface area contributed by atoms with Gasteiger partial charge < -0.3 is 0 Å². The molecular weight excluding hydrogens is 324 g/mol. The number of allylic oxidation sites excluding steroid dienone is 20. The molecule has 0 atom stereocenters. The summed E-state index contributed by atoms with van der Waals surface area (Å²) in [6, 6.07) is 0. The van der Waals surface area contributed by atoms with Crippen LogP contribution in [0, 0.1) is 6.08 Å². The highest BCUT2D eigenvalue weighted by atomic mass is 13.9. The molecule has 27 heavy (non-hydrogen) atoms. The molecule has 0 unspecified atom stereocenters. The van der Waals surface area contributed by atoms with E-state index in [1.807, 2.05) is 91.1 Å². The van der Waals surface area contributed by atoms with Crippen LogP contribution < -0.4 is 0 Å². The van der Waals surface area contributed by atoms with Crippen LogP contribution in [0.15, 0.2) is 115 Å². The molecule has 1 radical (unpaired) electrons. The molecule has 0 N–H and O–H groups in total. The van der Waals surface area contributed by atoms with Gasteiger partial charge in [-0.05, 0) is 31.8 Å². The largest absolute Gasteiger partial charge is 0.0845 e. The molecule has 0 aromatic carbocycles. The molecule has 0 heteroatoms. The second-order valence-corrected chi connectivity index (χ2v) is 6.18. The number of hydrogen-bond acceptors (Lipinski definition) is 0. The summed E-state index contributed by atoms with van der Waals surface area (Å²) in [6.07, 6.45) is 51.0. The summed E-state index contributed by atoms with van der Waals surface area (Å²) in [5.41, 5.74) is 0. The molecule has 0 spiro atoms. The molecule has 0 saturated heterocycles. The van der Waals surface area contributed by atoms with Gasteiger partial charge in [0.25, 0.3) is 0 Å². The van der Waals surface area contributed by atoms with Gasteiger partial charge in [-0.3, -0.25) is 0 Å². The van der Waals surface area contributed by atoms with E-state index in [9.17, 15) is 0 Å². The van der Waals surface area contributed by atoms with Crippen LogP contribution in [-0.2, 0) is 0 Å². The minimum Gasteiger partial charge on any atom is -0.0845 e. The third kappa shape index (κ3) is 18.0. The van der Waals surface area contributed by atoms with Crippen molar-refractivity contribution in [1.82, 2.24) is 0 Å². The number of hydrogen-bond donors (Lipinski definition) is 0. The summed E-state index contributed by atoms with van der Waals surface area (Å²) in [4.78, 5) is 0. The molecule has 0 fully saturated rings. The SMILES string of the molecule is [C]1=C/C=C/C=C/C=C/C=C\C=C\C=C\C=C\C=C\C=C/CCCCCCC/1. The van der Waals surface area contributed by atoms with Crippen molar-refractivity contribution < 1.29 is 0 Å². The van der Waals surface area contributed by atoms with Crippen molar-refractivity contribution in [1.29, 1.82) is 0 Å². The molecule has 1 aliphatic rings. The normalized spacial score (nSPS) is 29.9. The molecule has 0 amide bonds. The molecule has 0 aromatic heterocycles. The highest BCUT2D eigenvalue weighted by Gasteiger charge is 1.88. The highest BCUT2D eigenvalue weighted by molar-refractivity contribution is 5.22. The molecule has 0 saturated carbocycles. The van der Waals surface area contributed by atoms with Gasteiger partial charge in [0.1, 0.15) is 0 Å². The first kappa shape index (κ1) is 22.4. The Labute approximate surface area is 166 Å². The van der Waals surface area contributed by atoms with Crippen LogP contribution in [0.1, 0.15) is 44.9 Å². The van der Waals surface area contributed by atoms with Crippen LogP contribution in [0.2, 0.25) is 0 Å². The van der Waals surface area contributed by atoms with Gasteiger partial charge in [-0.25, -0.2) is 0 Å². The average molecular weight is 358 g/mol. The van der Waals surface area contributed by atoms with Gasteiger partial charge in [0.2, 0.25) is 0 Å². The third-order valence-electron chi connectivity index (χ3n) is 3.82. The van der Waals surface area contributed by atoms with Crippen molar-refractivity contribution in [3.05, 3.63) is 122 Å². The van der Waals surface area contributed by atoms with Crippen molar-refractivity contribution in [3.63, 3.8) is 0 Å². The van der Waals surface area contributed by atoms with Gasteiger partial charge in [0.05, 0.1) is 0 Å². The quantitative estimate of drug-likeness (QED) is 0.411. The lowest BCUT2D eigenvalue weighted by Crippen LogP contribution is -1.78. The topological polar surface area (TPSA) is 0 Å². The Hall–Kier alpha value is -2.60. The van der Waals surface area contributed by atoms with E-state index >= 15 is 0 Å². The van der Waals surface area contributed by atoms with E-state index < -0.39 is 0 Å². The van der Waals surface area contributed by atoms with E-state index in [0.717, 1.165) is 6.42 Å². The zero-order chi connectivity index (χ0) is 19.1. The Bertz CT molecular complexity index is 569.